The summed E-state index contributed by atoms with van der Waals surface area (Å²) < 4.78 is 17.3. The molecular weight excluding hydrogens is 403 g/mol. The van der Waals surface area contributed by atoms with Crippen molar-refractivity contribution in [1.82, 2.24) is 14.9 Å². The first-order valence-electron chi connectivity index (χ1n) is 9.40. The molecule has 0 radical (unpaired) electrons. The van der Waals surface area contributed by atoms with Crippen molar-refractivity contribution in [3.8, 4) is 0 Å². The third kappa shape index (κ3) is 5.07. The van der Waals surface area contributed by atoms with Crippen LogP contribution in [0.1, 0.15) is 48.4 Å². The highest BCUT2D eigenvalue weighted by Crippen LogP contribution is 2.30. The number of carbonyl (C=O) groups excluding carboxylic acids is 2. The molecule has 3 aromatic rings. The van der Waals surface area contributed by atoms with E-state index >= 15 is 0 Å². The molecule has 3 rings (SSSR count). The third-order valence-corrected chi connectivity index (χ3v) is 4.81. The minimum Gasteiger partial charge on any atom is -0.349 e. The molecule has 0 bridgehead atoms. The fourth-order valence-electron chi connectivity index (χ4n) is 2.97. The van der Waals surface area contributed by atoms with Gasteiger partial charge >= 0.3 is 0 Å². The number of hydrogen-bond acceptors (Lipinski definition) is 5. The molecular formula is C22H23FN4O2S. The van der Waals surface area contributed by atoms with Crippen LogP contribution >= 0.6 is 11.5 Å². The summed E-state index contributed by atoms with van der Waals surface area (Å²) in [5.41, 5.74) is 1.63. The number of nitrogens with zero attached hydrogens (tertiary/aromatic N) is 3. The van der Waals surface area contributed by atoms with Gasteiger partial charge in [-0.2, -0.15) is 0 Å². The lowest BCUT2D eigenvalue weighted by atomic mass is 9.99. The van der Waals surface area contributed by atoms with E-state index in [1.54, 1.807) is 0 Å². The Balaban J connectivity index is 2.16. The highest BCUT2D eigenvalue weighted by Gasteiger charge is 2.35. The fraction of sp³-hybridized carbons (Fsp3) is 0.273. The van der Waals surface area contributed by atoms with Gasteiger partial charge in [-0.25, -0.2) is 4.39 Å². The van der Waals surface area contributed by atoms with Gasteiger partial charge in [0.2, 0.25) is 5.91 Å². The van der Waals surface area contributed by atoms with Crippen LogP contribution in [0.3, 0.4) is 0 Å². The Bertz CT molecular complexity index is 1010. The minimum atomic E-state index is -0.982. The highest BCUT2D eigenvalue weighted by atomic mass is 32.1. The van der Waals surface area contributed by atoms with E-state index in [0.29, 0.717) is 11.3 Å². The number of rotatable bonds is 5. The number of halogens is 1. The molecule has 6 nitrogen and oxygen atoms in total. The summed E-state index contributed by atoms with van der Waals surface area (Å²) in [7, 11) is 0. The molecule has 0 aliphatic carbocycles. The Kier molecular flexibility index (Phi) is 6.26. The van der Waals surface area contributed by atoms with Crippen molar-refractivity contribution in [2.24, 2.45) is 0 Å². The first-order chi connectivity index (χ1) is 14.2. The summed E-state index contributed by atoms with van der Waals surface area (Å²) in [6.45, 7) is 7.54. The van der Waals surface area contributed by atoms with E-state index in [0.717, 1.165) is 17.1 Å². The van der Waals surface area contributed by atoms with Crippen molar-refractivity contribution in [2.75, 3.05) is 4.90 Å². The lowest BCUT2D eigenvalue weighted by Crippen LogP contribution is -2.49. The lowest BCUT2D eigenvalue weighted by molar-refractivity contribution is -0.123. The zero-order valence-corrected chi connectivity index (χ0v) is 18.0. The third-order valence-electron chi connectivity index (χ3n) is 4.30. The van der Waals surface area contributed by atoms with E-state index in [2.05, 4.69) is 14.9 Å². The van der Waals surface area contributed by atoms with Gasteiger partial charge in [0.05, 0.1) is 0 Å². The van der Waals surface area contributed by atoms with E-state index in [4.69, 9.17) is 0 Å². The van der Waals surface area contributed by atoms with Crippen LogP contribution < -0.4 is 10.2 Å². The maximum Gasteiger partial charge on any atom is 0.280 e. The summed E-state index contributed by atoms with van der Waals surface area (Å²) in [5, 5.41) is 8.35. The molecule has 1 atom stereocenters. The van der Waals surface area contributed by atoms with Gasteiger partial charge in [-0.15, -0.1) is 5.10 Å². The number of benzene rings is 2. The first kappa shape index (κ1) is 21.6. The van der Waals surface area contributed by atoms with Gasteiger partial charge < -0.3 is 5.32 Å². The van der Waals surface area contributed by atoms with Crippen LogP contribution in [0.25, 0.3) is 0 Å². The Morgan fingerprint density at radius 2 is 1.70 bits per heavy atom. The second-order valence-electron chi connectivity index (χ2n) is 7.99. The summed E-state index contributed by atoms with van der Waals surface area (Å²) >= 11 is 1.04. The van der Waals surface area contributed by atoms with Crippen LogP contribution in [-0.2, 0) is 4.79 Å². The Hall–Kier alpha value is -3.13. The number of anilines is 1. The van der Waals surface area contributed by atoms with Gasteiger partial charge in [-0.1, -0.05) is 34.3 Å². The standard InChI is InChI=1S/C22H23FN4O2S/c1-14-5-7-15(8-6-14)19(20(28)24-22(2,3)4)27(17-11-9-16(23)10-12-17)21(29)18-13-30-26-25-18/h5-13,19H,1-4H3,(H,24,28). The molecule has 0 fully saturated rings. The van der Waals surface area contributed by atoms with Crippen LogP contribution in [-0.4, -0.2) is 26.9 Å². The molecule has 1 heterocycles. The van der Waals surface area contributed by atoms with Gasteiger partial charge in [-0.3, -0.25) is 14.5 Å². The van der Waals surface area contributed by atoms with E-state index in [9.17, 15) is 14.0 Å². The highest BCUT2D eigenvalue weighted by molar-refractivity contribution is 7.03. The minimum absolute atomic E-state index is 0.116. The number of hydrogen-bond donors (Lipinski definition) is 1. The second-order valence-corrected chi connectivity index (χ2v) is 8.60. The number of carbonyl (C=O) groups is 2. The number of amides is 2. The molecule has 30 heavy (non-hydrogen) atoms. The van der Waals surface area contributed by atoms with Crippen LogP contribution in [0.4, 0.5) is 10.1 Å². The van der Waals surface area contributed by atoms with E-state index in [-0.39, 0.29) is 11.6 Å². The summed E-state index contributed by atoms with van der Waals surface area (Å²) in [5.74, 6) is -1.29. The monoisotopic (exact) mass is 426 g/mol. The fourth-order valence-corrected chi connectivity index (χ4v) is 3.40. The largest absolute Gasteiger partial charge is 0.349 e. The topological polar surface area (TPSA) is 75.2 Å². The maximum absolute atomic E-state index is 13.6. The van der Waals surface area contributed by atoms with Crippen molar-refractivity contribution in [1.29, 1.82) is 0 Å². The zero-order chi connectivity index (χ0) is 21.9. The number of nitrogens with one attached hydrogen (secondary N) is 1. The van der Waals surface area contributed by atoms with Gasteiger partial charge in [0, 0.05) is 16.6 Å². The summed E-state index contributed by atoms with van der Waals surface area (Å²) in [6.07, 6.45) is 0. The van der Waals surface area contributed by atoms with Crippen molar-refractivity contribution in [3.05, 3.63) is 76.5 Å². The van der Waals surface area contributed by atoms with Crippen molar-refractivity contribution in [2.45, 2.75) is 39.3 Å². The molecule has 1 N–H and O–H groups in total. The van der Waals surface area contributed by atoms with E-state index < -0.39 is 23.3 Å². The quantitative estimate of drug-likeness (QED) is 0.660. The molecule has 2 aromatic carbocycles. The Morgan fingerprint density at radius 1 is 1.07 bits per heavy atom. The average Bonchev–Trinajstić information content (AvgIpc) is 3.21. The molecule has 0 aliphatic heterocycles. The predicted molar refractivity (Wildman–Crippen MR) is 115 cm³/mol. The molecule has 8 heteroatoms. The zero-order valence-electron chi connectivity index (χ0n) is 17.2. The van der Waals surface area contributed by atoms with Gasteiger partial charge in [0.25, 0.3) is 5.91 Å². The molecule has 0 saturated carbocycles. The van der Waals surface area contributed by atoms with Crippen LogP contribution in [0.15, 0.2) is 53.9 Å². The Morgan fingerprint density at radius 3 is 2.23 bits per heavy atom. The number of aryl methyl sites for hydroxylation is 1. The molecule has 0 aliphatic rings. The lowest BCUT2D eigenvalue weighted by Gasteiger charge is -2.33. The van der Waals surface area contributed by atoms with Crippen LogP contribution in [0, 0.1) is 12.7 Å². The van der Waals surface area contributed by atoms with Crippen molar-refractivity contribution < 1.29 is 14.0 Å². The molecule has 1 unspecified atom stereocenters. The van der Waals surface area contributed by atoms with Crippen LogP contribution in [0.5, 0.6) is 0 Å². The SMILES string of the molecule is Cc1ccc(C(C(=O)NC(C)(C)C)N(C(=O)c2csnn2)c2ccc(F)cc2)cc1. The molecule has 2 amide bonds. The van der Waals surface area contributed by atoms with E-state index in [1.165, 1.54) is 34.5 Å². The predicted octanol–water partition coefficient (Wildman–Crippen LogP) is 4.29. The van der Waals surface area contributed by atoms with Gasteiger partial charge in [0.15, 0.2) is 5.69 Å². The Labute approximate surface area is 178 Å². The van der Waals surface area contributed by atoms with Gasteiger partial charge in [-0.05, 0) is 69.1 Å². The summed E-state index contributed by atoms with van der Waals surface area (Å²) in [4.78, 5) is 28.1. The number of aromatic nitrogens is 2. The smallest absolute Gasteiger partial charge is 0.280 e. The van der Waals surface area contributed by atoms with E-state index in [1.807, 2.05) is 52.0 Å². The summed E-state index contributed by atoms with van der Waals surface area (Å²) in [6, 6.07) is 11.8. The molecule has 0 saturated heterocycles. The van der Waals surface area contributed by atoms with Crippen LogP contribution in [0.2, 0.25) is 0 Å². The average molecular weight is 427 g/mol. The first-order valence-corrected chi connectivity index (χ1v) is 10.2. The van der Waals surface area contributed by atoms with Gasteiger partial charge in [0.1, 0.15) is 11.9 Å². The molecule has 156 valence electrons. The molecule has 0 spiro atoms. The van der Waals surface area contributed by atoms with Crippen molar-refractivity contribution in [3.63, 3.8) is 0 Å². The maximum atomic E-state index is 13.6. The van der Waals surface area contributed by atoms with Crippen molar-refractivity contribution >= 4 is 29.0 Å². The molecule has 1 aromatic heterocycles. The normalized spacial score (nSPS) is 12.3. The second kappa shape index (κ2) is 8.71.